The van der Waals surface area contributed by atoms with E-state index in [-0.39, 0.29) is 0 Å². The molecular weight excluding hydrogens is 400 g/mol. The Morgan fingerprint density at radius 1 is 1.11 bits per heavy atom. The van der Waals surface area contributed by atoms with Crippen LogP contribution in [0.4, 0.5) is 0 Å². The van der Waals surface area contributed by atoms with E-state index in [9.17, 15) is 0 Å². The minimum Gasteiger partial charge on any atom is -0.379 e. The third-order valence-corrected chi connectivity index (χ3v) is 6.58. The van der Waals surface area contributed by atoms with Crippen molar-refractivity contribution in [3.8, 4) is 0 Å². The number of hydrogen-bond acceptors (Lipinski definition) is 3. The summed E-state index contributed by atoms with van der Waals surface area (Å²) in [5.41, 5.74) is 4.55. The molecule has 1 N–H and O–H groups in total. The van der Waals surface area contributed by atoms with E-state index in [4.69, 9.17) is 4.74 Å². The van der Waals surface area contributed by atoms with Crippen LogP contribution in [0.5, 0.6) is 0 Å². The molecule has 27 heavy (non-hydrogen) atoms. The molecule has 2 aromatic rings. The van der Waals surface area contributed by atoms with Crippen LogP contribution in [0.3, 0.4) is 0 Å². The summed E-state index contributed by atoms with van der Waals surface area (Å²) >= 11 is 3.64. The molecule has 1 atom stereocenters. The number of nitrogens with one attached hydrogen (secondary N) is 1. The van der Waals surface area contributed by atoms with Gasteiger partial charge < -0.3 is 10.1 Å². The Bertz CT molecular complexity index is 768. The molecule has 0 bridgehead atoms. The van der Waals surface area contributed by atoms with Crippen molar-refractivity contribution in [2.45, 2.75) is 31.2 Å². The number of nitrogens with zero attached hydrogens (tertiary/aromatic N) is 1. The topological polar surface area (TPSA) is 24.5 Å². The second-order valence-corrected chi connectivity index (χ2v) is 8.91. The molecule has 144 valence electrons. The van der Waals surface area contributed by atoms with E-state index in [0.29, 0.717) is 11.5 Å². The van der Waals surface area contributed by atoms with Gasteiger partial charge in [0, 0.05) is 42.1 Å². The molecule has 1 aliphatic heterocycles. The van der Waals surface area contributed by atoms with Gasteiger partial charge >= 0.3 is 0 Å². The molecule has 1 unspecified atom stereocenters. The molecule has 0 aromatic heterocycles. The van der Waals surface area contributed by atoms with Crippen LogP contribution >= 0.6 is 15.9 Å². The van der Waals surface area contributed by atoms with Gasteiger partial charge in [-0.1, -0.05) is 52.3 Å². The van der Waals surface area contributed by atoms with E-state index in [1.54, 1.807) is 0 Å². The lowest BCUT2D eigenvalue weighted by Crippen LogP contribution is -2.43. The van der Waals surface area contributed by atoms with E-state index < -0.39 is 0 Å². The van der Waals surface area contributed by atoms with Crippen LogP contribution in [-0.4, -0.2) is 44.3 Å². The van der Waals surface area contributed by atoms with Crippen LogP contribution in [0, 0.1) is 6.92 Å². The van der Waals surface area contributed by atoms with E-state index in [1.165, 1.54) is 34.0 Å². The van der Waals surface area contributed by atoms with Crippen molar-refractivity contribution >= 4 is 15.9 Å². The second kappa shape index (κ2) is 8.44. The zero-order valence-electron chi connectivity index (χ0n) is 16.1. The van der Waals surface area contributed by atoms with Crippen molar-refractivity contribution in [1.29, 1.82) is 0 Å². The predicted molar refractivity (Wildman–Crippen MR) is 114 cm³/mol. The fourth-order valence-electron chi connectivity index (χ4n) is 4.15. The highest BCUT2D eigenvalue weighted by molar-refractivity contribution is 9.10. The summed E-state index contributed by atoms with van der Waals surface area (Å²) in [6.07, 6.45) is 2.54. The third kappa shape index (κ3) is 4.62. The Morgan fingerprint density at radius 2 is 1.89 bits per heavy atom. The molecular formula is C23H29BrN2O. The Kier molecular flexibility index (Phi) is 5.98. The van der Waals surface area contributed by atoms with E-state index in [2.05, 4.69) is 81.6 Å². The Morgan fingerprint density at radius 3 is 2.59 bits per heavy atom. The van der Waals surface area contributed by atoms with Crippen LogP contribution in [0.25, 0.3) is 0 Å². The number of ether oxygens (including phenoxy) is 1. The Hall–Kier alpha value is -1.20. The average Bonchev–Trinajstić information content (AvgIpc) is 3.48. The number of morpholine rings is 1. The molecule has 1 saturated heterocycles. The molecule has 3 nitrogen and oxygen atoms in total. The summed E-state index contributed by atoms with van der Waals surface area (Å²) in [5, 5.41) is 3.95. The molecule has 0 radical (unpaired) electrons. The third-order valence-electron chi connectivity index (χ3n) is 6.09. The lowest BCUT2D eigenvalue weighted by atomic mass is 9.94. The van der Waals surface area contributed by atoms with Gasteiger partial charge in [0.25, 0.3) is 0 Å². The number of hydrogen-bond donors (Lipinski definition) is 1. The van der Waals surface area contributed by atoms with Crippen LogP contribution in [0.2, 0.25) is 0 Å². The van der Waals surface area contributed by atoms with Crippen LogP contribution in [0.1, 0.15) is 35.6 Å². The highest BCUT2D eigenvalue weighted by atomic mass is 79.9. The summed E-state index contributed by atoms with van der Waals surface area (Å²) < 4.78 is 6.71. The van der Waals surface area contributed by atoms with Crippen molar-refractivity contribution in [3.05, 3.63) is 69.7 Å². The van der Waals surface area contributed by atoms with Gasteiger partial charge in [-0.3, -0.25) is 4.90 Å². The molecule has 2 aromatic carbocycles. The Balaban J connectivity index is 1.50. The summed E-state index contributed by atoms with van der Waals surface area (Å²) in [6.45, 7) is 8.06. The van der Waals surface area contributed by atoms with Gasteiger partial charge in [-0.2, -0.15) is 0 Å². The smallest absolute Gasteiger partial charge is 0.0594 e. The first-order valence-corrected chi connectivity index (χ1v) is 10.8. The fraction of sp³-hybridized carbons (Fsp3) is 0.478. The van der Waals surface area contributed by atoms with Crippen LogP contribution < -0.4 is 5.32 Å². The number of halogens is 1. The first kappa shape index (κ1) is 19.1. The summed E-state index contributed by atoms with van der Waals surface area (Å²) in [5.74, 6) is 0. The van der Waals surface area contributed by atoms with Gasteiger partial charge in [-0.25, -0.2) is 0 Å². The summed E-state index contributed by atoms with van der Waals surface area (Å²) in [7, 11) is 0. The first-order chi connectivity index (χ1) is 13.2. The number of aryl methyl sites for hydroxylation is 1. The van der Waals surface area contributed by atoms with E-state index >= 15 is 0 Å². The van der Waals surface area contributed by atoms with Crippen molar-refractivity contribution < 1.29 is 4.74 Å². The maximum atomic E-state index is 5.54. The van der Waals surface area contributed by atoms with Crippen molar-refractivity contribution in [2.75, 3.05) is 39.4 Å². The van der Waals surface area contributed by atoms with Crippen LogP contribution in [-0.2, 0) is 10.2 Å². The fourth-order valence-corrected chi connectivity index (χ4v) is 4.55. The average molecular weight is 429 g/mol. The standard InChI is InChI=1S/C23H29BrN2O/c1-18-5-2-3-8-21(18)22(16-26-11-13-27-14-12-26)25-17-23(9-10-23)19-6-4-7-20(24)15-19/h2-8,15,22,25H,9-14,16-17H2,1H3. The molecule has 2 fully saturated rings. The molecule has 1 saturated carbocycles. The van der Waals surface area contributed by atoms with Crippen molar-refractivity contribution in [2.24, 2.45) is 0 Å². The zero-order chi connectivity index (χ0) is 18.7. The summed E-state index contributed by atoms with van der Waals surface area (Å²) in [6, 6.07) is 18.0. The van der Waals surface area contributed by atoms with Crippen molar-refractivity contribution in [1.82, 2.24) is 10.2 Å². The van der Waals surface area contributed by atoms with E-state index in [1.807, 2.05) is 0 Å². The van der Waals surface area contributed by atoms with Gasteiger partial charge in [-0.05, 0) is 48.6 Å². The maximum Gasteiger partial charge on any atom is 0.0594 e. The molecule has 4 heteroatoms. The molecule has 2 aliphatic rings. The van der Waals surface area contributed by atoms with E-state index in [0.717, 1.165) is 39.4 Å². The monoisotopic (exact) mass is 428 g/mol. The van der Waals surface area contributed by atoms with Gasteiger partial charge in [0.05, 0.1) is 13.2 Å². The molecule has 1 aliphatic carbocycles. The zero-order valence-corrected chi connectivity index (χ0v) is 17.7. The molecule has 4 rings (SSSR count). The van der Waals surface area contributed by atoms with Gasteiger partial charge in [0.1, 0.15) is 0 Å². The minimum absolute atomic E-state index is 0.301. The van der Waals surface area contributed by atoms with Gasteiger partial charge in [0.2, 0.25) is 0 Å². The molecule has 0 spiro atoms. The summed E-state index contributed by atoms with van der Waals surface area (Å²) in [4.78, 5) is 2.53. The highest BCUT2D eigenvalue weighted by Crippen LogP contribution is 2.48. The van der Waals surface area contributed by atoms with Gasteiger partial charge in [0.15, 0.2) is 0 Å². The first-order valence-electron chi connectivity index (χ1n) is 10.0. The van der Waals surface area contributed by atoms with Gasteiger partial charge in [-0.15, -0.1) is 0 Å². The minimum atomic E-state index is 0.301. The quantitative estimate of drug-likeness (QED) is 0.704. The number of rotatable bonds is 7. The van der Waals surface area contributed by atoms with Crippen molar-refractivity contribution in [3.63, 3.8) is 0 Å². The number of benzene rings is 2. The lowest BCUT2D eigenvalue weighted by Gasteiger charge is -2.32. The predicted octanol–water partition coefficient (Wildman–Crippen LogP) is 4.45. The largest absolute Gasteiger partial charge is 0.379 e. The maximum absolute atomic E-state index is 5.54. The normalized spacial score (nSPS) is 20.4. The Labute approximate surface area is 171 Å². The molecule has 1 heterocycles. The molecule has 0 amide bonds. The highest BCUT2D eigenvalue weighted by Gasteiger charge is 2.44. The lowest BCUT2D eigenvalue weighted by molar-refractivity contribution is 0.0333. The van der Waals surface area contributed by atoms with Crippen LogP contribution in [0.15, 0.2) is 53.0 Å². The second-order valence-electron chi connectivity index (χ2n) is 7.99. The SMILES string of the molecule is Cc1ccccc1C(CN1CCOCC1)NCC1(c2cccc(Br)c2)CC1.